The minimum Gasteiger partial charge on any atom is -0.480 e. The van der Waals surface area contributed by atoms with Gasteiger partial charge in [0.05, 0.1) is 6.10 Å². The van der Waals surface area contributed by atoms with Gasteiger partial charge in [0.2, 0.25) is 0 Å². The standard InChI is InChI=1S/C15H30N2O3/c1-4-16-15(2,14(18)19)9-5-6-10-17(3)12-13-8-7-11-20-13/h13,16H,4-12H2,1-3H3,(H,18,19). The highest BCUT2D eigenvalue weighted by molar-refractivity contribution is 5.78. The van der Waals surface area contributed by atoms with Crippen LogP contribution in [0.5, 0.6) is 0 Å². The second kappa shape index (κ2) is 8.60. The number of aliphatic carboxylic acids is 1. The summed E-state index contributed by atoms with van der Waals surface area (Å²) < 4.78 is 5.62. The highest BCUT2D eigenvalue weighted by atomic mass is 16.5. The van der Waals surface area contributed by atoms with E-state index in [1.54, 1.807) is 6.92 Å². The zero-order valence-corrected chi connectivity index (χ0v) is 13.2. The third-order valence-electron chi connectivity index (χ3n) is 4.04. The fourth-order valence-corrected chi connectivity index (χ4v) is 2.75. The molecule has 0 aromatic carbocycles. The first kappa shape index (κ1) is 17.4. The van der Waals surface area contributed by atoms with Gasteiger partial charge in [-0.15, -0.1) is 0 Å². The molecule has 0 saturated carbocycles. The van der Waals surface area contributed by atoms with E-state index in [1.807, 2.05) is 6.92 Å². The van der Waals surface area contributed by atoms with Crippen LogP contribution >= 0.6 is 0 Å². The molecule has 2 N–H and O–H groups in total. The third kappa shape index (κ3) is 5.77. The minimum atomic E-state index is -0.790. The Balaban J connectivity index is 2.17. The van der Waals surface area contributed by atoms with Gasteiger partial charge in [0, 0.05) is 13.2 Å². The normalized spacial score (nSPS) is 22.1. The van der Waals surface area contributed by atoms with Crippen molar-refractivity contribution in [2.45, 2.75) is 57.6 Å². The molecule has 0 radical (unpaired) electrons. The lowest BCUT2D eigenvalue weighted by molar-refractivity contribution is -0.144. The molecule has 118 valence electrons. The molecule has 1 fully saturated rings. The predicted octanol–water partition coefficient (Wildman–Crippen LogP) is 1.72. The summed E-state index contributed by atoms with van der Waals surface area (Å²) in [7, 11) is 2.11. The van der Waals surface area contributed by atoms with E-state index in [1.165, 1.54) is 12.8 Å². The summed E-state index contributed by atoms with van der Waals surface area (Å²) >= 11 is 0. The lowest BCUT2D eigenvalue weighted by atomic mass is 9.95. The van der Waals surface area contributed by atoms with Crippen LogP contribution in [-0.2, 0) is 9.53 Å². The summed E-state index contributed by atoms with van der Waals surface area (Å²) in [6, 6.07) is 0. The first-order chi connectivity index (χ1) is 9.48. The van der Waals surface area contributed by atoms with E-state index in [-0.39, 0.29) is 0 Å². The number of nitrogens with one attached hydrogen (secondary N) is 1. The van der Waals surface area contributed by atoms with Crippen LogP contribution in [0.1, 0.15) is 46.0 Å². The number of ether oxygens (including phenoxy) is 1. The van der Waals surface area contributed by atoms with Gasteiger partial charge in [-0.1, -0.05) is 6.92 Å². The number of hydrogen-bond acceptors (Lipinski definition) is 4. The maximum atomic E-state index is 11.3. The summed E-state index contributed by atoms with van der Waals surface area (Å²) in [6.45, 7) is 7.29. The average Bonchev–Trinajstić information content (AvgIpc) is 2.87. The number of rotatable bonds is 10. The first-order valence-corrected chi connectivity index (χ1v) is 7.76. The number of nitrogens with zero attached hydrogens (tertiary/aromatic N) is 1. The summed E-state index contributed by atoms with van der Waals surface area (Å²) in [6.07, 6.45) is 5.36. The number of likely N-dealkylation sites (N-methyl/N-ethyl adjacent to an activating group) is 2. The van der Waals surface area contributed by atoms with Crippen molar-refractivity contribution < 1.29 is 14.6 Å². The number of carboxylic acid groups (broad SMARTS) is 1. The SMILES string of the molecule is CCNC(C)(CCCCN(C)CC1CCCO1)C(=O)O. The molecule has 1 rings (SSSR count). The third-order valence-corrected chi connectivity index (χ3v) is 4.04. The van der Waals surface area contributed by atoms with Crippen LogP contribution in [0.4, 0.5) is 0 Å². The van der Waals surface area contributed by atoms with Crippen LogP contribution in [0.15, 0.2) is 0 Å². The smallest absolute Gasteiger partial charge is 0.323 e. The highest BCUT2D eigenvalue weighted by Crippen LogP contribution is 2.16. The van der Waals surface area contributed by atoms with Crippen molar-refractivity contribution in [3.63, 3.8) is 0 Å². The van der Waals surface area contributed by atoms with Crippen molar-refractivity contribution >= 4 is 5.97 Å². The van der Waals surface area contributed by atoms with Crippen molar-refractivity contribution in [3.8, 4) is 0 Å². The average molecular weight is 286 g/mol. The lowest BCUT2D eigenvalue weighted by Gasteiger charge is -2.26. The van der Waals surface area contributed by atoms with Crippen LogP contribution in [0.25, 0.3) is 0 Å². The minimum absolute atomic E-state index is 0.394. The van der Waals surface area contributed by atoms with Gasteiger partial charge >= 0.3 is 5.97 Å². The molecule has 0 spiro atoms. The van der Waals surface area contributed by atoms with Crippen LogP contribution in [0.3, 0.4) is 0 Å². The quantitative estimate of drug-likeness (QED) is 0.599. The molecular weight excluding hydrogens is 256 g/mol. The van der Waals surface area contributed by atoms with Gasteiger partial charge < -0.3 is 20.1 Å². The second-order valence-electron chi connectivity index (χ2n) is 6.02. The molecule has 0 bridgehead atoms. The van der Waals surface area contributed by atoms with E-state index in [4.69, 9.17) is 4.74 Å². The van der Waals surface area contributed by atoms with E-state index in [2.05, 4.69) is 17.3 Å². The van der Waals surface area contributed by atoms with E-state index in [0.29, 0.717) is 19.1 Å². The molecule has 2 atom stereocenters. The van der Waals surface area contributed by atoms with Crippen molar-refractivity contribution in [3.05, 3.63) is 0 Å². The zero-order chi connectivity index (χ0) is 15.0. The van der Waals surface area contributed by atoms with Crippen LogP contribution < -0.4 is 5.32 Å². The van der Waals surface area contributed by atoms with E-state index in [0.717, 1.165) is 32.5 Å². The second-order valence-corrected chi connectivity index (χ2v) is 6.02. The van der Waals surface area contributed by atoms with Crippen LogP contribution in [-0.4, -0.2) is 60.9 Å². The van der Waals surface area contributed by atoms with Crippen molar-refractivity contribution in [2.24, 2.45) is 0 Å². The van der Waals surface area contributed by atoms with E-state index >= 15 is 0 Å². The molecule has 20 heavy (non-hydrogen) atoms. The molecule has 0 aliphatic carbocycles. The van der Waals surface area contributed by atoms with Crippen molar-refractivity contribution in [1.29, 1.82) is 0 Å². The summed E-state index contributed by atoms with van der Waals surface area (Å²) in [5.74, 6) is -0.757. The van der Waals surface area contributed by atoms with E-state index < -0.39 is 11.5 Å². The van der Waals surface area contributed by atoms with Gasteiger partial charge in [-0.25, -0.2) is 0 Å². The Hall–Kier alpha value is -0.650. The van der Waals surface area contributed by atoms with Gasteiger partial charge in [-0.05, 0) is 59.2 Å². The Bertz CT molecular complexity index is 293. The molecule has 1 saturated heterocycles. The molecule has 1 aliphatic heterocycles. The number of carbonyl (C=O) groups is 1. The van der Waals surface area contributed by atoms with Gasteiger partial charge in [0.15, 0.2) is 0 Å². The van der Waals surface area contributed by atoms with Crippen LogP contribution in [0, 0.1) is 0 Å². The van der Waals surface area contributed by atoms with Crippen LogP contribution in [0.2, 0.25) is 0 Å². The van der Waals surface area contributed by atoms with Crippen molar-refractivity contribution in [1.82, 2.24) is 10.2 Å². The number of unbranched alkanes of at least 4 members (excludes halogenated alkanes) is 1. The summed E-state index contributed by atoms with van der Waals surface area (Å²) in [5, 5.41) is 12.3. The largest absolute Gasteiger partial charge is 0.480 e. The molecule has 0 aromatic rings. The topological polar surface area (TPSA) is 61.8 Å². The maximum Gasteiger partial charge on any atom is 0.323 e. The van der Waals surface area contributed by atoms with Gasteiger partial charge in [0.1, 0.15) is 5.54 Å². The summed E-state index contributed by atoms with van der Waals surface area (Å²) in [5.41, 5.74) is -0.790. The Morgan fingerprint density at radius 2 is 2.25 bits per heavy atom. The monoisotopic (exact) mass is 286 g/mol. The molecule has 1 aliphatic rings. The zero-order valence-electron chi connectivity index (χ0n) is 13.2. The predicted molar refractivity (Wildman–Crippen MR) is 80.0 cm³/mol. The highest BCUT2D eigenvalue weighted by Gasteiger charge is 2.31. The van der Waals surface area contributed by atoms with Crippen molar-refractivity contribution in [2.75, 3.05) is 33.3 Å². The lowest BCUT2D eigenvalue weighted by Crippen LogP contribution is -2.49. The molecule has 5 heteroatoms. The van der Waals surface area contributed by atoms with Gasteiger partial charge in [-0.3, -0.25) is 4.79 Å². The maximum absolute atomic E-state index is 11.3. The fraction of sp³-hybridized carbons (Fsp3) is 0.933. The van der Waals surface area contributed by atoms with E-state index in [9.17, 15) is 9.90 Å². The number of carboxylic acids is 1. The Morgan fingerprint density at radius 1 is 1.50 bits per heavy atom. The molecule has 0 aromatic heterocycles. The van der Waals surface area contributed by atoms with Gasteiger partial charge in [0.25, 0.3) is 0 Å². The molecule has 2 unspecified atom stereocenters. The van der Waals surface area contributed by atoms with Gasteiger partial charge in [-0.2, -0.15) is 0 Å². The molecule has 5 nitrogen and oxygen atoms in total. The molecular formula is C15H30N2O3. The fourth-order valence-electron chi connectivity index (χ4n) is 2.75. The first-order valence-electron chi connectivity index (χ1n) is 7.76. The molecule has 1 heterocycles. The Labute approximate surface area is 122 Å². The Morgan fingerprint density at radius 3 is 2.80 bits per heavy atom. The molecule has 0 amide bonds. The Kier molecular flexibility index (Phi) is 7.48. The number of hydrogen-bond donors (Lipinski definition) is 2. The summed E-state index contributed by atoms with van der Waals surface area (Å²) in [4.78, 5) is 13.6.